The van der Waals surface area contributed by atoms with Crippen LogP contribution in [0.4, 0.5) is 0 Å². The Morgan fingerprint density at radius 2 is 2.16 bits per heavy atom. The molecule has 1 atom stereocenters. The number of para-hydroxylation sites is 1. The summed E-state index contributed by atoms with van der Waals surface area (Å²) in [5.74, 6) is -0.213. The topological polar surface area (TPSA) is 88.3 Å². The van der Waals surface area contributed by atoms with Crippen molar-refractivity contribution in [2.45, 2.75) is 19.8 Å². The Labute approximate surface area is 147 Å². The number of rotatable bonds is 4. The molecule has 0 saturated carbocycles. The van der Waals surface area contributed by atoms with Gasteiger partial charge in [-0.2, -0.15) is 0 Å². The molecule has 132 valence electrons. The van der Waals surface area contributed by atoms with Gasteiger partial charge in [0.25, 0.3) is 5.91 Å². The van der Waals surface area contributed by atoms with E-state index in [0.717, 1.165) is 29.4 Å². The monoisotopic (exact) mass is 340 g/mol. The number of carbonyl (C=O) groups excluding carboxylic acids is 2. The molecule has 1 fully saturated rings. The van der Waals surface area contributed by atoms with Gasteiger partial charge in [-0.15, -0.1) is 0 Å². The molecule has 2 aromatic rings. The highest BCUT2D eigenvalue weighted by Crippen LogP contribution is 2.23. The van der Waals surface area contributed by atoms with Crippen molar-refractivity contribution in [1.82, 2.24) is 15.2 Å². The van der Waals surface area contributed by atoms with Crippen LogP contribution in [0.1, 0.15) is 28.9 Å². The van der Waals surface area contributed by atoms with E-state index in [-0.39, 0.29) is 17.7 Å². The van der Waals surface area contributed by atoms with E-state index in [4.69, 9.17) is 5.73 Å². The minimum absolute atomic E-state index is 0.0151. The van der Waals surface area contributed by atoms with Gasteiger partial charge in [0.1, 0.15) is 0 Å². The normalized spacial score (nSPS) is 17.5. The van der Waals surface area contributed by atoms with Crippen LogP contribution in [0.15, 0.2) is 30.3 Å². The van der Waals surface area contributed by atoms with Crippen molar-refractivity contribution in [3.05, 3.63) is 41.6 Å². The lowest BCUT2D eigenvalue weighted by molar-refractivity contribution is -0.126. The Morgan fingerprint density at radius 1 is 1.36 bits per heavy atom. The van der Waals surface area contributed by atoms with E-state index < -0.39 is 0 Å². The number of fused-ring (bicyclic) bond motifs is 1. The fraction of sp³-hybridized carbons (Fsp3) is 0.421. The molecule has 1 aromatic heterocycles. The van der Waals surface area contributed by atoms with Crippen molar-refractivity contribution in [2.75, 3.05) is 26.2 Å². The summed E-state index contributed by atoms with van der Waals surface area (Å²) >= 11 is 0. The van der Waals surface area contributed by atoms with Crippen LogP contribution in [0.3, 0.4) is 0 Å². The summed E-state index contributed by atoms with van der Waals surface area (Å²) in [5, 5.41) is 3.68. The van der Waals surface area contributed by atoms with E-state index in [1.807, 2.05) is 37.3 Å². The van der Waals surface area contributed by atoms with Gasteiger partial charge in [-0.05, 0) is 31.9 Å². The second kappa shape index (κ2) is 7.61. The van der Waals surface area contributed by atoms with Crippen molar-refractivity contribution in [3.8, 4) is 0 Å². The molecular weight excluding hydrogens is 316 g/mol. The molecular formula is C19H24N4O2. The second-order valence-electron chi connectivity index (χ2n) is 6.50. The standard InChI is InChI=1S/C19H24N4O2/c1-13-11-16(15-6-2-3-7-17(15)22-13)19(25)23-10-4-5-14(12-23)18(24)21-9-8-20/h2-3,6-7,11,14H,4-5,8-10,12,20H2,1H3,(H,21,24). The maximum absolute atomic E-state index is 13.1. The zero-order valence-electron chi connectivity index (χ0n) is 14.5. The lowest BCUT2D eigenvalue weighted by Gasteiger charge is -2.32. The van der Waals surface area contributed by atoms with E-state index >= 15 is 0 Å². The van der Waals surface area contributed by atoms with Crippen LogP contribution in [0.25, 0.3) is 10.9 Å². The molecule has 3 N–H and O–H groups in total. The molecule has 0 bridgehead atoms. The third-order valence-electron chi connectivity index (χ3n) is 4.60. The average molecular weight is 340 g/mol. The number of hydrogen-bond acceptors (Lipinski definition) is 4. The highest BCUT2D eigenvalue weighted by atomic mass is 16.2. The summed E-state index contributed by atoms with van der Waals surface area (Å²) in [7, 11) is 0. The SMILES string of the molecule is Cc1cc(C(=O)N2CCCC(C(=O)NCCN)C2)c2ccccc2n1. The molecule has 25 heavy (non-hydrogen) atoms. The average Bonchev–Trinajstić information content (AvgIpc) is 2.64. The third kappa shape index (κ3) is 3.79. The molecule has 1 aliphatic heterocycles. The molecule has 0 radical (unpaired) electrons. The molecule has 1 aromatic carbocycles. The quantitative estimate of drug-likeness (QED) is 0.882. The summed E-state index contributed by atoms with van der Waals surface area (Å²) in [5.41, 5.74) is 7.73. The van der Waals surface area contributed by atoms with E-state index in [1.54, 1.807) is 4.90 Å². The summed E-state index contributed by atoms with van der Waals surface area (Å²) in [4.78, 5) is 31.6. The number of likely N-dealkylation sites (tertiary alicyclic amines) is 1. The summed E-state index contributed by atoms with van der Waals surface area (Å²) in [6.07, 6.45) is 1.63. The second-order valence-corrected chi connectivity index (χ2v) is 6.50. The highest BCUT2D eigenvalue weighted by Gasteiger charge is 2.29. The van der Waals surface area contributed by atoms with E-state index in [0.29, 0.717) is 31.7 Å². The van der Waals surface area contributed by atoms with Crippen LogP contribution < -0.4 is 11.1 Å². The van der Waals surface area contributed by atoms with Gasteiger partial charge < -0.3 is 16.0 Å². The van der Waals surface area contributed by atoms with Gasteiger partial charge in [0, 0.05) is 37.3 Å². The molecule has 2 heterocycles. The van der Waals surface area contributed by atoms with Gasteiger partial charge in [0.05, 0.1) is 17.0 Å². The number of nitrogens with zero attached hydrogens (tertiary/aromatic N) is 2. The third-order valence-corrected chi connectivity index (χ3v) is 4.60. The van der Waals surface area contributed by atoms with Crippen molar-refractivity contribution in [3.63, 3.8) is 0 Å². The minimum Gasteiger partial charge on any atom is -0.355 e. The minimum atomic E-state index is -0.168. The first-order chi connectivity index (χ1) is 12.1. The van der Waals surface area contributed by atoms with Gasteiger partial charge in [0.2, 0.25) is 5.91 Å². The number of pyridine rings is 1. The summed E-state index contributed by atoms with van der Waals surface area (Å²) < 4.78 is 0. The lowest BCUT2D eigenvalue weighted by Crippen LogP contribution is -2.46. The summed E-state index contributed by atoms with van der Waals surface area (Å²) in [6, 6.07) is 9.50. The molecule has 2 amide bonds. The molecule has 0 aliphatic carbocycles. The van der Waals surface area contributed by atoms with Crippen LogP contribution in [-0.2, 0) is 4.79 Å². The van der Waals surface area contributed by atoms with Gasteiger partial charge in [0.15, 0.2) is 0 Å². The van der Waals surface area contributed by atoms with E-state index in [9.17, 15) is 9.59 Å². The Morgan fingerprint density at radius 3 is 2.96 bits per heavy atom. The molecule has 1 aliphatic rings. The van der Waals surface area contributed by atoms with Gasteiger partial charge in [-0.3, -0.25) is 14.6 Å². The number of nitrogens with one attached hydrogen (secondary N) is 1. The molecule has 1 unspecified atom stereocenters. The number of piperidine rings is 1. The lowest BCUT2D eigenvalue weighted by atomic mass is 9.96. The number of nitrogens with two attached hydrogens (primary N) is 1. The van der Waals surface area contributed by atoms with Gasteiger partial charge in [-0.1, -0.05) is 18.2 Å². The predicted octanol–water partition coefficient (Wildman–Crippen LogP) is 1.47. The smallest absolute Gasteiger partial charge is 0.254 e. The predicted molar refractivity (Wildman–Crippen MR) is 97.2 cm³/mol. The van der Waals surface area contributed by atoms with Crippen LogP contribution in [0.5, 0.6) is 0 Å². The molecule has 1 saturated heterocycles. The van der Waals surface area contributed by atoms with Crippen LogP contribution in [0.2, 0.25) is 0 Å². The first-order valence-corrected chi connectivity index (χ1v) is 8.73. The largest absolute Gasteiger partial charge is 0.355 e. The van der Waals surface area contributed by atoms with Gasteiger partial charge >= 0.3 is 0 Å². The highest BCUT2D eigenvalue weighted by molar-refractivity contribution is 6.06. The number of aromatic nitrogens is 1. The van der Waals surface area contributed by atoms with Crippen molar-refractivity contribution in [2.24, 2.45) is 11.7 Å². The number of aryl methyl sites for hydroxylation is 1. The first kappa shape index (κ1) is 17.4. The Hall–Kier alpha value is -2.47. The van der Waals surface area contributed by atoms with E-state index in [1.165, 1.54) is 0 Å². The Balaban J connectivity index is 1.82. The zero-order valence-corrected chi connectivity index (χ0v) is 14.5. The maximum atomic E-state index is 13.1. The van der Waals surface area contributed by atoms with Crippen molar-refractivity contribution >= 4 is 22.7 Å². The number of hydrogen-bond donors (Lipinski definition) is 2. The fourth-order valence-corrected chi connectivity index (χ4v) is 3.37. The maximum Gasteiger partial charge on any atom is 0.254 e. The molecule has 6 nitrogen and oxygen atoms in total. The van der Waals surface area contributed by atoms with Crippen LogP contribution in [0, 0.1) is 12.8 Å². The summed E-state index contributed by atoms with van der Waals surface area (Å²) in [6.45, 7) is 3.91. The molecule has 3 rings (SSSR count). The first-order valence-electron chi connectivity index (χ1n) is 8.73. The van der Waals surface area contributed by atoms with Crippen LogP contribution >= 0.6 is 0 Å². The number of carbonyl (C=O) groups is 2. The van der Waals surface area contributed by atoms with Crippen molar-refractivity contribution < 1.29 is 9.59 Å². The van der Waals surface area contributed by atoms with Gasteiger partial charge in [-0.25, -0.2) is 0 Å². The zero-order chi connectivity index (χ0) is 17.8. The van der Waals surface area contributed by atoms with E-state index in [2.05, 4.69) is 10.3 Å². The number of amides is 2. The van der Waals surface area contributed by atoms with Crippen LogP contribution in [-0.4, -0.2) is 47.9 Å². The number of benzene rings is 1. The molecule has 0 spiro atoms. The molecule has 6 heteroatoms. The Bertz CT molecular complexity index is 790. The van der Waals surface area contributed by atoms with Crippen molar-refractivity contribution in [1.29, 1.82) is 0 Å². The fourth-order valence-electron chi connectivity index (χ4n) is 3.37. The Kier molecular flexibility index (Phi) is 5.28.